The van der Waals surface area contributed by atoms with Gasteiger partial charge in [0.05, 0.1) is 0 Å². The van der Waals surface area contributed by atoms with Gasteiger partial charge < -0.3 is 15.1 Å². The van der Waals surface area contributed by atoms with Crippen LogP contribution in [0.25, 0.3) is 0 Å². The average molecular weight is 251 g/mol. The fourth-order valence-corrected chi connectivity index (χ4v) is 1.63. The molecule has 0 saturated heterocycles. The third kappa shape index (κ3) is 4.08. The van der Waals surface area contributed by atoms with Crippen LogP contribution in [-0.2, 0) is 9.59 Å². The Morgan fingerprint density at radius 1 is 1.22 bits per heavy atom. The van der Waals surface area contributed by atoms with Crippen molar-refractivity contribution in [1.82, 2.24) is 0 Å². The zero-order chi connectivity index (χ0) is 13.7. The molecule has 1 aromatic carbocycles. The van der Waals surface area contributed by atoms with Crippen LogP contribution >= 0.6 is 0 Å². The number of aliphatic carboxylic acids is 1. The summed E-state index contributed by atoms with van der Waals surface area (Å²) in [7, 11) is 1.63. The zero-order valence-corrected chi connectivity index (χ0v) is 10.5. The van der Waals surface area contributed by atoms with Crippen LogP contribution in [0.1, 0.15) is 19.8 Å². The Bertz CT molecular complexity index is 427. The molecule has 0 heterocycles. The smallest absolute Gasteiger partial charge is 0.303 e. The molecular formula is C13H17NO4. The van der Waals surface area contributed by atoms with Crippen molar-refractivity contribution in [3.63, 3.8) is 0 Å². The van der Waals surface area contributed by atoms with Gasteiger partial charge in [-0.15, -0.1) is 0 Å². The van der Waals surface area contributed by atoms with Crippen LogP contribution in [-0.4, -0.2) is 29.1 Å². The number of hydrogen-bond donors (Lipinski definition) is 2. The molecule has 0 spiro atoms. The van der Waals surface area contributed by atoms with Crippen LogP contribution in [0.15, 0.2) is 24.3 Å². The van der Waals surface area contributed by atoms with E-state index < -0.39 is 5.97 Å². The molecule has 1 rings (SSSR count). The van der Waals surface area contributed by atoms with Gasteiger partial charge in [0.2, 0.25) is 5.91 Å². The molecule has 0 aliphatic heterocycles. The van der Waals surface area contributed by atoms with Gasteiger partial charge in [0.25, 0.3) is 0 Å². The summed E-state index contributed by atoms with van der Waals surface area (Å²) in [5, 5.41) is 17.8. The second-order valence-corrected chi connectivity index (χ2v) is 4.38. The van der Waals surface area contributed by atoms with Crippen LogP contribution in [0.3, 0.4) is 0 Å². The summed E-state index contributed by atoms with van der Waals surface area (Å²) < 4.78 is 0. The number of rotatable bonds is 5. The lowest BCUT2D eigenvalue weighted by Crippen LogP contribution is -2.28. The molecule has 5 heteroatoms. The van der Waals surface area contributed by atoms with Gasteiger partial charge in [-0.25, -0.2) is 0 Å². The molecule has 1 unspecified atom stereocenters. The van der Waals surface area contributed by atoms with Crippen LogP contribution < -0.4 is 4.90 Å². The molecule has 0 aliphatic carbocycles. The van der Waals surface area contributed by atoms with Crippen LogP contribution in [0.2, 0.25) is 0 Å². The number of hydrogen-bond acceptors (Lipinski definition) is 3. The molecule has 1 amide bonds. The molecule has 2 N–H and O–H groups in total. The highest BCUT2D eigenvalue weighted by Crippen LogP contribution is 2.19. The van der Waals surface area contributed by atoms with Gasteiger partial charge in [-0.05, 0) is 30.2 Å². The van der Waals surface area contributed by atoms with Crippen molar-refractivity contribution in [1.29, 1.82) is 0 Å². The minimum Gasteiger partial charge on any atom is -0.508 e. The number of nitrogens with zero attached hydrogens (tertiary/aromatic N) is 1. The van der Waals surface area contributed by atoms with Gasteiger partial charge in [-0.2, -0.15) is 0 Å². The number of carboxylic acids is 1. The molecule has 0 bridgehead atoms. The minimum atomic E-state index is -0.900. The Morgan fingerprint density at radius 3 is 2.28 bits per heavy atom. The second-order valence-electron chi connectivity index (χ2n) is 4.38. The molecular weight excluding hydrogens is 234 g/mol. The highest BCUT2D eigenvalue weighted by molar-refractivity contribution is 5.93. The first-order chi connectivity index (χ1) is 8.40. The van der Waals surface area contributed by atoms with E-state index in [1.54, 1.807) is 26.1 Å². The van der Waals surface area contributed by atoms with E-state index in [-0.39, 0.29) is 30.4 Å². The SMILES string of the molecule is CC(CC(=O)O)CC(=O)N(C)c1ccc(O)cc1. The summed E-state index contributed by atoms with van der Waals surface area (Å²) in [4.78, 5) is 23.9. The van der Waals surface area contributed by atoms with E-state index in [9.17, 15) is 9.59 Å². The minimum absolute atomic E-state index is 0.0187. The van der Waals surface area contributed by atoms with Crippen molar-refractivity contribution in [3.8, 4) is 5.75 Å². The third-order valence-corrected chi connectivity index (χ3v) is 2.66. The Kier molecular flexibility index (Phi) is 4.71. The number of carbonyl (C=O) groups is 2. The van der Waals surface area contributed by atoms with E-state index in [1.807, 2.05) is 0 Å². The van der Waals surface area contributed by atoms with Gasteiger partial charge in [0.15, 0.2) is 0 Å². The Balaban J connectivity index is 2.61. The number of phenols is 1. The molecule has 1 atom stereocenters. The average Bonchev–Trinajstić information content (AvgIpc) is 2.27. The fourth-order valence-electron chi connectivity index (χ4n) is 1.63. The Morgan fingerprint density at radius 2 is 1.78 bits per heavy atom. The first-order valence-corrected chi connectivity index (χ1v) is 5.67. The maximum atomic E-state index is 11.9. The molecule has 0 aliphatic rings. The standard InChI is InChI=1S/C13H17NO4/c1-9(8-13(17)18)7-12(16)14(2)10-3-5-11(15)6-4-10/h3-6,9,15H,7-8H2,1-2H3,(H,17,18). The number of aromatic hydroxyl groups is 1. The highest BCUT2D eigenvalue weighted by Gasteiger charge is 2.16. The number of amides is 1. The van der Waals surface area contributed by atoms with Crippen molar-refractivity contribution in [2.45, 2.75) is 19.8 Å². The summed E-state index contributed by atoms with van der Waals surface area (Å²) >= 11 is 0. The van der Waals surface area contributed by atoms with E-state index >= 15 is 0 Å². The van der Waals surface area contributed by atoms with Gasteiger partial charge in [-0.3, -0.25) is 9.59 Å². The summed E-state index contributed by atoms with van der Waals surface area (Å²) in [5.74, 6) is -1.11. The number of carbonyl (C=O) groups excluding carboxylic acids is 1. The predicted molar refractivity (Wildman–Crippen MR) is 67.6 cm³/mol. The summed E-state index contributed by atoms with van der Waals surface area (Å²) in [6.45, 7) is 1.73. The van der Waals surface area contributed by atoms with Crippen molar-refractivity contribution in [2.75, 3.05) is 11.9 Å². The Hall–Kier alpha value is -2.04. The molecule has 18 heavy (non-hydrogen) atoms. The van der Waals surface area contributed by atoms with Crippen molar-refractivity contribution in [2.24, 2.45) is 5.92 Å². The quantitative estimate of drug-likeness (QED) is 0.837. The normalized spacial score (nSPS) is 11.9. The van der Waals surface area contributed by atoms with Gasteiger partial charge in [0.1, 0.15) is 5.75 Å². The number of anilines is 1. The lowest BCUT2D eigenvalue weighted by Gasteiger charge is -2.19. The number of carboxylic acid groups (broad SMARTS) is 1. The lowest BCUT2D eigenvalue weighted by molar-refractivity contribution is -0.138. The van der Waals surface area contributed by atoms with Gasteiger partial charge in [0, 0.05) is 25.6 Å². The summed E-state index contributed by atoms with van der Waals surface area (Å²) in [6.07, 6.45) is 0.166. The third-order valence-electron chi connectivity index (χ3n) is 2.66. The van der Waals surface area contributed by atoms with E-state index in [1.165, 1.54) is 17.0 Å². The summed E-state index contributed by atoms with van der Waals surface area (Å²) in [6, 6.07) is 6.27. The monoisotopic (exact) mass is 251 g/mol. The molecule has 5 nitrogen and oxygen atoms in total. The van der Waals surface area contributed by atoms with E-state index in [2.05, 4.69) is 0 Å². The van der Waals surface area contributed by atoms with Crippen LogP contribution in [0, 0.1) is 5.92 Å². The molecule has 1 aromatic rings. The van der Waals surface area contributed by atoms with Crippen LogP contribution in [0.4, 0.5) is 5.69 Å². The van der Waals surface area contributed by atoms with Gasteiger partial charge in [-0.1, -0.05) is 6.92 Å². The van der Waals surface area contributed by atoms with E-state index in [0.29, 0.717) is 5.69 Å². The lowest BCUT2D eigenvalue weighted by atomic mass is 10.0. The largest absolute Gasteiger partial charge is 0.508 e. The fraction of sp³-hybridized carbons (Fsp3) is 0.385. The van der Waals surface area contributed by atoms with Crippen molar-refractivity contribution in [3.05, 3.63) is 24.3 Å². The summed E-state index contributed by atoms with van der Waals surface area (Å²) in [5.41, 5.74) is 0.667. The number of benzene rings is 1. The first-order valence-electron chi connectivity index (χ1n) is 5.67. The van der Waals surface area contributed by atoms with Crippen molar-refractivity contribution >= 4 is 17.6 Å². The first kappa shape index (κ1) is 14.0. The molecule has 98 valence electrons. The maximum Gasteiger partial charge on any atom is 0.303 e. The molecule has 0 aromatic heterocycles. The highest BCUT2D eigenvalue weighted by atomic mass is 16.4. The van der Waals surface area contributed by atoms with Crippen molar-refractivity contribution < 1.29 is 19.8 Å². The predicted octanol–water partition coefficient (Wildman–Crippen LogP) is 1.86. The molecule has 0 radical (unpaired) electrons. The van der Waals surface area contributed by atoms with Gasteiger partial charge >= 0.3 is 5.97 Å². The second kappa shape index (κ2) is 6.05. The number of phenolic OH excluding ortho intramolecular Hbond substituents is 1. The maximum absolute atomic E-state index is 11.9. The topological polar surface area (TPSA) is 77.8 Å². The zero-order valence-electron chi connectivity index (χ0n) is 10.5. The molecule has 0 fully saturated rings. The van der Waals surface area contributed by atoms with E-state index in [4.69, 9.17) is 10.2 Å². The van der Waals surface area contributed by atoms with Crippen LogP contribution in [0.5, 0.6) is 5.75 Å². The Labute approximate surface area is 106 Å². The van der Waals surface area contributed by atoms with E-state index in [0.717, 1.165) is 0 Å². The molecule has 0 saturated carbocycles.